The van der Waals surface area contributed by atoms with E-state index in [1.54, 1.807) is 6.20 Å². The van der Waals surface area contributed by atoms with Crippen LogP contribution >= 0.6 is 11.6 Å². The van der Waals surface area contributed by atoms with Crippen LogP contribution in [0.3, 0.4) is 0 Å². The molecule has 1 heterocycles. The van der Waals surface area contributed by atoms with Crippen LogP contribution in [0.25, 0.3) is 0 Å². The minimum atomic E-state index is -0.0425. The fraction of sp³-hybridized carbons (Fsp3) is 0.556. The third kappa shape index (κ3) is 3.38. The average Bonchev–Trinajstić information content (AvgIpc) is 2.50. The van der Waals surface area contributed by atoms with Gasteiger partial charge in [-0.15, -0.1) is 0 Å². The molecule has 0 radical (unpaired) electrons. The van der Waals surface area contributed by atoms with E-state index in [4.69, 9.17) is 11.6 Å². The number of hydrogen-bond acceptors (Lipinski definition) is 2. The van der Waals surface area contributed by atoms with Crippen LogP contribution in [0.4, 0.5) is 0 Å². The van der Waals surface area contributed by atoms with Crippen LogP contribution in [0.2, 0.25) is 5.02 Å². The highest BCUT2D eigenvalue weighted by molar-refractivity contribution is 6.30. The lowest BCUT2D eigenvalue weighted by Gasteiger charge is -2.10. The lowest BCUT2D eigenvalue weighted by atomic mass is 10.2. The summed E-state index contributed by atoms with van der Waals surface area (Å²) in [6, 6.07) is 0.202. The molecule has 0 saturated carbocycles. The molecule has 1 aromatic heterocycles. The van der Waals surface area contributed by atoms with Gasteiger partial charge in [0, 0.05) is 12.2 Å². The number of carbonyl (C=O) groups is 1. The molecule has 0 spiro atoms. The maximum absolute atomic E-state index is 11.4. The van der Waals surface area contributed by atoms with Gasteiger partial charge in [-0.3, -0.25) is 9.48 Å². The third-order valence-corrected chi connectivity index (χ3v) is 2.12. The smallest absolute Gasteiger partial charge is 0.241 e. The van der Waals surface area contributed by atoms with Crippen LogP contribution in [-0.2, 0) is 11.3 Å². The van der Waals surface area contributed by atoms with Crippen molar-refractivity contribution < 1.29 is 4.79 Å². The van der Waals surface area contributed by atoms with Gasteiger partial charge in [0.05, 0.1) is 11.2 Å². The summed E-state index contributed by atoms with van der Waals surface area (Å²) in [5.74, 6) is -0.0425. The molecule has 0 aliphatic heterocycles. The Hall–Kier alpha value is -1.03. The van der Waals surface area contributed by atoms with Gasteiger partial charge in [-0.25, -0.2) is 0 Å². The molecule has 1 unspecified atom stereocenters. The Labute approximate surface area is 88.2 Å². The summed E-state index contributed by atoms with van der Waals surface area (Å²) < 4.78 is 1.51. The minimum absolute atomic E-state index is 0.0425. The number of nitrogens with zero attached hydrogens (tertiary/aromatic N) is 2. The first-order chi connectivity index (χ1) is 6.61. The van der Waals surface area contributed by atoms with E-state index < -0.39 is 0 Å². The fourth-order valence-corrected chi connectivity index (χ4v) is 1.15. The number of nitrogens with one attached hydrogen (secondary N) is 1. The van der Waals surface area contributed by atoms with E-state index in [1.165, 1.54) is 10.9 Å². The molecule has 1 atom stereocenters. The van der Waals surface area contributed by atoms with E-state index in [0.717, 1.165) is 6.42 Å². The van der Waals surface area contributed by atoms with Crippen LogP contribution in [0.1, 0.15) is 20.3 Å². The third-order valence-electron chi connectivity index (χ3n) is 1.93. The zero-order chi connectivity index (χ0) is 10.6. The largest absolute Gasteiger partial charge is 0.352 e. The van der Waals surface area contributed by atoms with Crippen molar-refractivity contribution in [1.82, 2.24) is 15.1 Å². The molecule has 0 aliphatic rings. The molecule has 1 N–H and O–H groups in total. The number of aromatic nitrogens is 2. The molecule has 5 heteroatoms. The minimum Gasteiger partial charge on any atom is -0.352 e. The van der Waals surface area contributed by atoms with Crippen molar-refractivity contribution in [1.29, 1.82) is 0 Å². The summed E-state index contributed by atoms with van der Waals surface area (Å²) in [6.45, 7) is 4.21. The van der Waals surface area contributed by atoms with E-state index in [1.807, 2.05) is 13.8 Å². The topological polar surface area (TPSA) is 46.9 Å². The van der Waals surface area contributed by atoms with Gasteiger partial charge < -0.3 is 5.32 Å². The molecule has 0 aromatic carbocycles. The average molecular weight is 216 g/mol. The number of rotatable bonds is 4. The molecule has 0 saturated heterocycles. The number of amides is 1. The van der Waals surface area contributed by atoms with Gasteiger partial charge in [0.15, 0.2) is 0 Å². The summed E-state index contributed by atoms with van der Waals surface area (Å²) >= 11 is 5.66. The second-order valence-corrected chi connectivity index (χ2v) is 3.67. The van der Waals surface area contributed by atoms with Gasteiger partial charge in [0.25, 0.3) is 0 Å². The maximum atomic E-state index is 11.4. The van der Waals surface area contributed by atoms with Crippen molar-refractivity contribution >= 4 is 17.5 Å². The Kier molecular flexibility index (Phi) is 3.95. The summed E-state index contributed by atoms with van der Waals surface area (Å²) in [6.07, 6.45) is 4.06. The van der Waals surface area contributed by atoms with Gasteiger partial charge >= 0.3 is 0 Å². The first-order valence-corrected chi connectivity index (χ1v) is 4.97. The van der Waals surface area contributed by atoms with Crippen LogP contribution in [0, 0.1) is 0 Å². The lowest BCUT2D eigenvalue weighted by molar-refractivity contribution is -0.122. The molecule has 0 aliphatic carbocycles. The Bertz CT molecular complexity index is 311. The van der Waals surface area contributed by atoms with Gasteiger partial charge in [0.2, 0.25) is 5.91 Å². The van der Waals surface area contributed by atoms with Crippen LogP contribution in [-0.4, -0.2) is 21.7 Å². The van der Waals surface area contributed by atoms with Gasteiger partial charge in [-0.05, 0) is 13.3 Å². The quantitative estimate of drug-likeness (QED) is 0.827. The van der Waals surface area contributed by atoms with E-state index in [-0.39, 0.29) is 18.5 Å². The van der Waals surface area contributed by atoms with Gasteiger partial charge in [0.1, 0.15) is 6.54 Å². The van der Waals surface area contributed by atoms with Crippen molar-refractivity contribution in [2.45, 2.75) is 32.9 Å². The lowest BCUT2D eigenvalue weighted by Crippen LogP contribution is -2.34. The van der Waals surface area contributed by atoms with E-state index in [0.29, 0.717) is 5.02 Å². The second kappa shape index (κ2) is 5.00. The molecule has 0 fully saturated rings. The summed E-state index contributed by atoms with van der Waals surface area (Å²) in [5, 5.41) is 7.30. The first-order valence-electron chi connectivity index (χ1n) is 4.59. The summed E-state index contributed by atoms with van der Waals surface area (Å²) in [5.41, 5.74) is 0. The van der Waals surface area contributed by atoms with Crippen molar-refractivity contribution in [3.8, 4) is 0 Å². The Morgan fingerprint density at radius 2 is 2.50 bits per heavy atom. The van der Waals surface area contributed by atoms with Crippen molar-refractivity contribution in [3.63, 3.8) is 0 Å². The molecule has 14 heavy (non-hydrogen) atoms. The molecule has 1 amide bonds. The second-order valence-electron chi connectivity index (χ2n) is 3.23. The summed E-state index contributed by atoms with van der Waals surface area (Å²) in [4.78, 5) is 11.4. The van der Waals surface area contributed by atoms with Gasteiger partial charge in [-0.2, -0.15) is 5.10 Å². The van der Waals surface area contributed by atoms with Crippen LogP contribution < -0.4 is 5.32 Å². The van der Waals surface area contributed by atoms with Crippen molar-refractivity contribution in [2.24, 2.45) is 0 Å². The zero-order valence-electron chi connectivity index (χ0n) is 8.33. The SMILES string of the molecule is CCC(C)NC(=O)Cn1cc(Cl)cn1. The van der Waals surface area contributed by atoms with E-state index in [9.17, 15) is 4.79 Å². The highest BCUT2D eigenvalue weighted by Gasteiger charge is 2.06. The van der Waals surface area contributed by atoms with Crippen LogP contribution in [0.15, 0.2) is 12.4 Å². The normalized spacial score (nSPS) is 12.5. The Morgan fingerprint density at radius 1 is 1.79 bits per heavy atom. The predicted molar refractivity (Wildman–Crippen MR) is 55.1 cm³/mol. The maximum Gasteiger partial charge on any atom is 0.241 e. The fourth-order valence-electron chi connectivity index (χ4n) is 0.994. The molecule has 78 valence electrons. The number of hydrogen-bond donors (Lipinski definition) is 1. The van der Waals surface area contributed by atoms with E-state index >= 15 is 0 Å². The monoisotopic (exact) mass is 215 g/mol. The number of carbonyl (C=O) groups excluding carboxylic acids is 1. The van der Waals surface area contributed by atoms with Crippen LogP contribution in [0.5, 0.6) is 0 Å². The van der Waals surface area contributed by atoms with Crippen molar-refractivity contribution in [2.75, 3.05) is 0 Å². The van der Waals surface area contributed by atoms with Crippen molar-refractivity contribution in [3.05, 3.63) is 17.4 Å². The predicted octanol–water partition coefficient (Wildman–Crippen LogP) is 1.45. The molecule has 1 rings (SSSR count). The highest BCUT2D eigenvalue weighted by atomic mass is 35.5. The van der Waals surface area contributed by atoms with E-state index in [2.05, 4.69) is 10.4 Å². The zero-order valence-corrected chi connectivity index (χ0v) is 9.08. The standard InChI is InChI=1S/C9H14ClN3O/c1-3-7(2)12-9(14)6-13-5-8(10)4-11-13/h4-5,7H,3,6H2,1-2H3,(H,12,14). The highest BCUT2D eigenvalue weighted by Crippen LogP contribution is 2.04. The Morgan fingerprint density at radius 3 is 3.00 bits per heavy atom. The number of halogens is 1. The van der Waals surface area contributed by atoms with Gasteiger partial charge in [-0.1, -0.05) is 18.5 Å². The molecular weight excluding hydrogens is 202 g/mol. The first kappa shape index (κ1) is 11.0. The molecular formula is C9H14ClN3O. The molecule has 0 bridgehead atoms. The molecule has 1 aromatic rings. The summed E-state index contributed by atoms with van der Waals surface area (Å²) in [7, 11) is 0. The Balaban J connectivity index is 2.41. The molecule has 4 nitrogen and oxygen atoms in total.